The van der Waals surface area contributed by atoms with Gasteiger partial charge >= 0.3 is 5.97 Å². The fourth-order valence-corrected chi connectivity index (χ4v) is 3.97. The van der Waals surface area contributed by atoms with Crippen molar-refractivity contribution in [2.75, 3.05) is 12.9 Å². The fourth-order valence-electron chi connectivity index (χ4n) is 0.958. The Labute approximate surface area is 110 Å². The minimum absolute atomic E-state index is 0.344. The Morgan fingerprint density at radius 1 is 1.73 bits per heavy atom. The van der Waals surface area contributed by atoms with E-state index in [4.69, 9.17) is 10.00 Å². The zero-order chi connectivity index (χ0) is 11.4. The Balaban J connectivity index is 3.16. The van der Waals surface area contributed by atoms with E-state index in [9.17, 15) is 4.79 Å². The Kier molecular flexibility index (Phi) is 4.89. The molecule has 6 heteroatoms. The highest BCUT2D eigenvalue weighted by atomic mass is 127. The van der Waals surface area contributed by atoms with E-state index in [0.717, 1.165) is 4.21 Å². The maximum Gasteiger partial charge on any atom is 0.349 e. The topological polar surface area (TPSA) is 50.1 Å². The molecule has 15 heavy (non-hydrogen) atoms. The van der Waals surface area contributed by atoms with Gasteiger partial charge in [0.05, 0.1) is 19.9 Å². The van der Waals surface area contributed by atoms with E-state index in [1.54, 1.807) is 6.92 Å². The van der Waals surface area contributed by atoms with Crippen LogP contribution in [0, 0.1) is 14.9 Å². The van der Waals surface area contributed by atoms with Crippen molar-refractivity contribution in [3.63, 3.8) is 0 Å². The quantitative estimate of drug-likeness (QED) is 0.476. The first kappa shape index (κ1) is 12.8. The molecular weight excluding hydrogens is 345 g/mol. The van der Waals surface area contributed by atoms with E-state index in [1.807, 2.05) is 28.8 Å². The van der Waals surface area contributed by atoms with Gasteiger partial charge in [0.25, 0.3) is 0 Å². The number of hydrogen-bond acceptors (Lipinski definition) is 5. The van der Waals surface area contributed by atoms with Crippen molar-refractivity contribution in [3.05, 3.63) is 14.0 Å². The molecule has 0 radical (unpaired) electrons. The SMILES string of the molecule is CCOC(=O)c1sc(SC)c(C#N)c1I. The normalized spacial score (nSPS) is 9.73. The third-order valence-corrected chi connectivity index (χ3v) is 5.31. The van der Waals surface area contributed by atoms with Gasteiger partial charge in [0, 0.05) is 0 Å². The molecule has 0 saturated heterocycles. The first-order valence-corrected chi connectivity index (χ1v) is 7.21. The minimum atomic E-state index is -0.344. The summed E-state index contributed by atoms with van der Waals surface area (Å²) in [5.41, 5.74) is 0.580. The second-order valence-corrected chi connectivity index (χ2v) is 5.62. The second kappa shape index (κ2) is 5.72. The lowest BCUT2D eigenvalue weighted by Crippen LogP contribution is -2.03. The van der Waals surface area contributed by atoms with Crippen molar-refractivity contribution in [3.8, 4) is 6.07 Å². The zero-order valence-electron chi connectivity index (χ0n) is 8.17. The van der Waals surface area contributed by atoms with E-state index in [1.165, 1.54) is 23.1 Å². The summed E-state index contributed by atoms with van der Waals surface area (Å²) in [7, 11) is 0. The predicted octanol–water partition coefficient (Wildman–Crippen LogP) is 3.12. The summed E-state index contributed by atoms with van der Waals surface area (Å²) in [6.07, 6.45) is 1.89. The maximum atomic E-state index is 11.5. The first-order valence-electron chi connectivity index (χ1n) is 4.09. The molecule has 0 aliphatic carbocycles. The van der Waals surface area contributed by atoms with Crippen LogP contribution in [-0.4, -0.2) is 18.8 Å². The largest absolute Gasteiger partial charge is 0.462 e. The van der Waals surface area contributed by atoms with E-state index in [2.05, 4.69) is 6.07 Å². The lowest BCUT2D eigenvalue weighted by atomic mass is 10.3. The third-order valence-electron chi connectivity index (χ3n) is 1.58. The van der Waals surface area contributed by atoms with Crippen LogP contribution < -0.4 is 0 Å². The maximum absolute atomic E-state index is 11.5. The highest BCUT2D eigenvalue weighted by Crippen LogP contribution is 2.35. The predicted molar refractivity (Wildman–Crippen MR) is 69.5 cm³/mol. The number of carbonyl (C=O) groups excluding carboxylic acids is 1. The number of halogens is 1. The molecule has 1 aromatic heterocycles. The molecule has 1 aromatic rings. The Morgan fingerprint density at radius 3 is 2.80 bits per heavy atom. The van der Waals surface area contributed by atoms with Crippen LogP contribution in [0.3, 0.4) is 0 Å². The number of nitrogens with zero attached hydrogens (tertiary/aromatic N) is 1. The summed E-state index contributed by atoms with van der Waals surface area (Å²) in [5.74, 6) is -0.344. The molecular formula is C9H8INO2S2. The summed E-state index contributed by atoms with van der Waals surface area (Å²) in [4.78, 5) is 12.1. The third kappa shape index (κ3) is 2.65. The lowest BCUT2D eigenvalue weighted by molar-refractivity contribution is 0.0531. The van der Waals surface area contributed by atoms with Crippen molar-refractivity contribution in [1.29, 1.82) is 5.26 Å². The van der Waals surface area contributed by atoms with Crippen molar-refractivity contribution in [2.45, 2.75) is 11.1 Å². The van der Waals surface area contributed by atoms with Crippen LogP contribution >= 0.6 is 45.7 Å². The van der Waals surface area contributed by atoms with E-state index < -0.39 is 0 Å². The fraction of sp³-hybridized carbons (Fsp3) is 0.333. The Hall–Kier alpha value is -0.260. The number of nitriles is 1. The van der Waals surface area contributed by atoms with Crippen molar-refractivity contribution in [2.24, 2.45) is 0 Å². The molecule has 80 valence electrons. The summed E-state index contributed by atoms with van der Waals surface area (Å²) in [6, 6.07) is 2.11. The second-order valence-electron chi connectivity index (χ2n) is 2.44. The van der Waals surface area contributed by atoms with Crippen LogP contribution in [-0.2, 0) is 4.74 Å². The lowest BCUT2D eigenvalue weighted by Gasteiger charge is -1.98. The van der Waals surface area contributed by atoms with Gasteiger partial charge < -0.3 is 4.74 Å². The molecule has 0 fully saturated rings. The van der Waals surface area contributed by atoms with Gasteiger partial charge in [-0.3, -0.25) is 0 Å². The number of rotatable bonds is 3. The average molecular weight is 353 g/mol. The molecule has 0 atom stereocenters. The molecule has 0 unspecified atom stereocenters. The van der Waals surface area contributed by atoms with Gasteiger partial charge in [0.1, 0.15) is 10.9 Å². The van der Waals surface area contributed by atoms with Gasteiger partial charge in [-0.15, -0.1) is 23.1 Å². The summed E-state index contributed by atoms with van der Waals surface area (Å²) >= 11 is 4.80. The smallest absolute Gasteiger partial charge is 0.349 e. The molecule has 0 saturated carbocycles. The van der Waals surface area contributed by atoms with Crippen LogP contribution in [0.1, 0.15) is 22.2 Å². The number of ether oxygens (including phenoxy) is 1. The molecule has 1 rings (SSSR count). The molecule has 0 N–H and O–H groups in total. The molecule has 0 aliphatic heterocycles. The van der Waals surface area contributed by atoms with E-state index >= 15 is 0 Å². The van der Waals surface area contributed by atoms with Crippen LogP contribution in [0.25, 0.3) is 0 Å². The average Bonchev–Trinajstić information content (AvgIpc) is 2.55. The van der Waals surface area contributed by atoms with Gasteiger partial charge in [0.15, 0.2) is 0 Å². The zero-order valence-corrected chi connectivity index (χ0v) is 12.0. The van der Waals surface area contributed by atoms with Gasteiger partial charge in [-0.1, -0.05) is 0 Å². The molecule has 0 aromatic carbocycles. The molecule has 1 heterocycles. The van der Waals surface area contributed by atoms with Crippen LogP contribution in [0.4, 0.5) is 0 Å². The van der Waals surface area contributed by atoms with Crippen molar-refractivity contribution < 1.29 is 9.53 Å². The van der Waals surface area contributed by atoms with Crippen LogP contribution in [0.2, 0.25) is 0 Å². The highest BCUT2D eigenvalue weighted by Gasteiger charge is 2.21. The van der Waals surface area contributed by atoms with Gasteiger partial charge in [0.2, 0.25) is 0 Å². The summed E-state index contributed by atoms with van der Waals surface area (Å²) in [5, 5.41) is 8.94. The van der Waals surface area contributed by atoms with Gasteiger partial charge in [-0.2, -0.15) is 5.26 Å². The monoisotopic (exact) mass is 353 g/mol. The number of hydrogen-bond donors (Lipinski definition) is 0. The molecule has 0 aliphatic rings. The highest BCUT2D eigenvalue weighted by molar-refractivity contribution is 14.1. The van der Waals surface area contributed by atoms with Gasteiger partial charge in [-0.05, 0) is 35.8 Å². The molecule has 0 bridgehead atoms. The minimum Gasteiger partial charge on any atom is -0.462 e. The van der Waals surface area contributed by atoms with Gasteiger partial charge in [-0.25, -0.2) is 4.79 Å². The molecule has 0 spiro atoms. The standard InChI is InChI=1S/C9H8INO2S2/c1-3-13-8(12)7-6(10)5(4-11)9(14-2)15-7/h3H2,1-2H3. The van der Waals surface area contributed by atoms with E-state index in [-0.39, 0.29) is 5.97 Å². The Morgan fingerprint density at radius 2 is 2.40 bits per heavy atom. The summed E-state index contributed by atoms with van der Waals surface area (Å²) in [6.45, 7) is 2.11. The Bertz CT molecular complexity index is 422. The number of thioether (sulfide) groups is 1. The van der Waals surface area contributed by atoms with Crippen molar-refractivity contribution in [1.82, 2.24) is 0 Å². The van der Waals surface area contributed by atoms with Crippen molar-refractivity contribution >= 4 is 51.7 Å². The first-order chi connectivity index (χ1) is 7.15. The number of carbonyl (C=O) groups is 1. The molecule has 3 nitrogen and oxygen atoms in total. The molecule has 0 amide bonds. The number of thiophene rings is 1. The van der Waals surface area contributed by atoms with Crippen LogP contribution in [0.15, 0.2) is 4.21 Å². The summed E-state index contributed by atoms with van der Waals surface area (Å²) < 4.78 is 6.48. The van der Waals surface area contributed by atoms with E-state index in [0.29, 0.717) is 20.6 Å². The van der Waals surface area contributed by atoms with Crippen LogP contribution in [0.5, 0.6) is 0 Å². The number of esters is 1.